The van der Waals surface area contributed by atoms with Gasteiger partial charge in [-0.1, -0.05) is 12.8 Å². The molecule has 0 amide bonds. The van der Waals surface area contributed by atoms with Crippen LogP contribution in [-0.2, 0) is 4.79 Å². The second-order valence-corrected chi connectivity index (χ2v) is 4.65. The molecule has 1 unspecified atom stereocenters. The van der Waals surface area contributed by atoms with Crippen molar-refractivity contribution in [2.45, 2.75) is 31.7 Å². The molecular weight excluding hydrogens is 176 g/mol. The maximum Gasteiger partial charge on any atom is 0.154 e. The molecule has 0 bridgehead atoms. The number of carbonyl (C=O) groups excluding carboxylic acids is 1. The van der Waals surface area contributed by atoms with Crippen molar-refractivity contribution in [3.05, 3.63) is 0 Å². The van der Waals surface area contributed by atoms with E-state index in [1.54, 1.807) is 0 Å². The predicted octanol–water partition coefficient (Wildman–Crippen LogP) is 0.649. The van der Waals surface area contributed by atoms with Crippen LogP contribution >= 0.6 is 0 Å². The summed E-state index contributed by atoms with van der Waals surface area (Å²) in [6.07, 6.45) is 4.75. The van der Waals surface area contributed by atoms with Gasteiger partial charge in [-0.25, -0.2) is 0 Å². The number of rotatable bonds is 2. The third-order valence-electron chi connectivity index (χ3n) is 3.48. The van der Waals surface area contributed by atoms with Crippen molar-refractivity contribution in [3.63, 3.8) is 0 Å². The smallest absolute Gasteiger partial charge is 0.154 e. The van der Waals surface area contributed by atoms with E-state index in [4.69, 9.17) is 0 Å². The number of ketones is 1. The van der Waals surface area contributed by atoms with Crippen molar-refractivity contribution in [2.75, 3.05) is 26.7 Å². The summed E-state index contributed by atoms with van der Waals surface area (Å²) in [4.78, 5) is 14.3. The van der Waals surface area contributed by atoms with Crippen LogP contribution in [-0.4, -0.2) is 43.4 Å². The Morgan fingerprint density at radius 1 is 1.36 bits per heavy atom. The van der Waals surface area contributed by atoms with Gasteiger partial charge >= 0.3 is 0 Å². The van der Waals surface area contributed by atoms with Crippen LogP contribution < -0.4 is 5.32 Å². The minimum atomic E-state index is 0.108. The average Bonchev–Trinajstić information content (AvgIpc) is 2.69. The first-order valence-corrected chi connectivity index (χ1v) is 5.73. The van der Waals surface area contributed by atoms with Crippen LogP contribution in [0.3, 0.4) is 0 Å². The van der Waals surface area contributed by atoms with Gasteiger partial charge in [0.2, 0.25) is 0 Å². The van der Waals surface area contributed by atoms with E-state index in [0.717, 1.165) is 32.5 Å². The molecule has 0 aromatic rings. The van der Waals surface area contributed by atoms with Gasteiger partial charge in [0.15, 0.2) is 5.78 Å². The number of carbonyl (C=O) groups is 1. The standard InChI is InChI=1S/C11H20N2O/c1-13-7-6-12-10(8-13)11(14)9-4-2-3-5-9/h9-10,12H,2-8H2,1H3. The maximum absolute atomic E-state index is 12.1. The van der Waals surface area contributed by atoms with Gasteiger partial charge < -0.3 is 10.2 Å². The molecule has 2 rings (SSSR count). The molecule has 1 saturated heterocycles. The van der Waals surface area contributed by atoms with Crippen LogP contribution in [0.1, 0.15) is 25.7 Å². The average molecular weight is 196 g/mol. The van der Waals surface area contributed by atoms with Crippen molar-refractivity contribution in [1.82, 2.24) is 10.2 Å². The summed E-state index contributed by atoms with van der Waals surface area (Å²) >= 11 is 0. The first-order valence-electron chi connectivity index (χ1n) is 5.73. The zero-order valence-electron chi connectivity index (χ0n) is 8.96. The molecule has 0 aromatic heterocycles. The number of Topliss-reactive ketones (excluding diaryl/α,β-unsaturated/α-hetero) is 1. The molecule has 2 fully saturated rings. The van der Waals surface area contributed by atoms with E-state index >= 15 is 0 Å². The van der Waals surface area contributed by atoms with Gasteiger partial charge in [0.1, 0.15) is 0 Å². The van der Waals surface area contributed by atoms with E-state index < -0.39 is 0 Å². The molecule has 3 heteroatoms. The highest BCUT2D eigenvalue weighted by atomic mass is 16.1. The van der Waals surface area contributed by atoms with E-state index in [-0.39, 0.29) is 6.04 Å². The number of nitrogens with one attached hydrogen (secondary N) is 1. The SMILES string of the molecule is CN1CCNC(C(=O)C2CCCC2)C1. The molecule has 80 valence electrons. The Balaban J connectivity index is 1.89. The first kappa shape index (κ1) is 10.1. The van der Waals surface area contributed by atoms with Crippen LogP contribution in [0.25, 0.3) is 0 Å². The van der Waals surface area contributed by atoms with Gasteiger partial charge in [-0.2, -0.15) is 0 Å². The minimum Gasteiger partial charge on any atom is -0.305 e. The highest BCUT2D eigenvalue weighted by Crippen LogP contribution is 2.26. The minimum absolute atomic E-state index is 0.108. The second kappa shape index (κ2) is 4.41. The van der Waals surface area contributed by atoms with E-state index in [0.29, 0.717) is 11.7 Å². The molecule has 1 aliphatic carbocycles. The summed E-state index contributed by atoms with van der Waals surface area (Å²) in [6.45, 7) is 2.92. The van der Waals surface area contributed by atoms with E-state index in [2.05, 4.69) is 17.3 Å². The zero-order valence-corrected chi connectivity index (χ0v) is 8.96. The Morgan fingerprint density at radius 3 is 2.71 bits per heavy atom. The summed E-state index contributed by atoms with van der Waals surface area (Å²) < 4.78 is 0. The number of hydrogen-bond acceptors (Lipinski definition) is 3. The van der Waals surface area contributed by atoms with Crippen molar-refractivity contribution in [2.24, 2.45) is 5.92 Å². The molecular formula is C11H20N2O. The van der Waals surface area contributed by atoms with Crippen molar-refractivity contribution in [1.29, 1.82) is 0 Å². The molecule has 0 radical (unpaired) electrons. The molecule has 1 atom stereocenters. The lowest BCUT2D eigenvalue weighted by molar-refractivity contribution is -0.125. The summed E-state index contributed by atoms with van der Waals surface area (Å²) in [6, 6.07) is 0.108. The van der Waals surface area contributed by atoms with Crippen LogP contribution in [0.5, 0.6) is 0 Å². The quantitative estimate of drug-likeness (QED) is 0.704. The largest absolute Gasteiger partial charge is 0.305 e. The highest BCUT2D eigenvalue weighted by Gasteiger charge is 2.30. The Kier molecular flexibility index (Phi) is 3.19. The lowest BCUT2D eigenvalue weighted by Crippen LogP contribution is -2.54. The fourth-order valence-electron chi connectivity index (χ4n) is 2.58. The molecule has 0 spiro atoms. The number of likely N-dealkylation sites (N-methyl/N-ethyl adjacent to an activating group) is 1. The number of hydrogen-bond donors (Lipinski definition) is 1. The third-order valence-corrected chi connectivity index (χ3v) is 3.48. The fourth-order valence-corrected chi connectivity index (χ4v) is 2.58. The van der Waals surface area contributed by atoms with Crippen LogP contribution in [0, 0.1) is 5.92 Å². The van der Waals surface area contributed by atoms with Gasteiger partial charge in [-0.3, -0.25) is 4.79 Å². The molecule has 1 saturated carbocycles. The summed E-state index contributed by atoms with van der Waals surface area (Å²) in [5.74, 6) is 0.827. The monoisotopic (exact) mass is 196 g/mol. The molecule has 2 aliphatic rings. The summed E-state index contributed by atoms with van der Waals surface area (Å²) in [5.41, 5.74) is 0. The van der Waals surface area contributed by atoms with Gasteiger partial charge in [-0.15, -0.1) is 0 Å². The first-order chi connectivity index (χ1) is 6.77. The van der Waals surface area contributed by atoms with Crippen molar-refractivity contribution < 1.29 is 4.79 Å². The Labute approximate surface area is 85.8 Å². The molecule has 3 nitrogen and oxygen atoms in total. The van der Waals surface area contributed by atoms with Crippen molar-refractivity contribution >= 4 is 5.78 Å². The van der Waals surface area contributed by atoms with Gasteiger partial charge in [0.25, 0.3) is 0 Å². The molecule has 1 heterocycles. The normalized spacial score (nSPS) is 30.8. The Morgan fingerprint density at radius 2 is 2.07 bits per heavy atom. The lowest BCUT2D eigenvalue weighted by atomic mass is 9.95. The van der Waals surface area contributed by atoms with Crippen LogP contribution in [0.4, 0.5) is 0 Å². The Bertz CT molecular complexity index is 211. The van der Waals surface area contributed by atoms with Gasteiger partial charge in [0.05, 0.1) is 6.04 Å². The fraction of sp³-hybridized carbons (Fsp3) is 0.909. The third kappa shape index (κ3) is 2.15. The zero-order chi connectivity index (χ0) is 9.97. The van der Waals surface area contributed by atoms with Gasteiger partial charge in [-0.05, 0) is 19.9 Å². The molecule has 14 heavy (non-hydrogen) atoms. The predicted molar refractivity (Wildman–Crippen MR) is 56.3 cm³/mol. The van der Waals surface area contributed by atoms with E-state index in [9.17, 15) is 4.79 Å². The lowest BCUT2D eigenvalue weighted by Gasteiger charge is -2.31. The van der Waals surface area contributed by atoms with Crippen LogP contribution in [0.15, 0.2) is 0 Å². The van der Waals surface area contributed by atoms with E-state index in [1.807, 2.05) is 0 Å². The second-order valence-electron chi connectivity index (χ2n) is 4.65. The molecule has 1 aliphatic heterocycles. The highest BCUT2D eigenvalue weighted by molar-refractivity contribution is 5.86. The maximum atomic E-state index is 12.1. The van der Waals surface area contributed by atoms with E-state index in [1.165, 1.54) is 12.8 Å². The summed E-state index contributed by atoms with van der Waals surface area (Å²) in [5, 5.41) is 3.33. The van der Waals surface area contributed by atoms with Gasteiger partial charge in [0, 0.05) is 25.6 Å². The number of piperazine rings is 1. The molecule has 0 aromatic carbocycles. The molecule has 1 N–H and O–H groups in total. The van der Waals surface area contributed by atoms with Crippen LogP contribution in [0.2, 0.25) is 0 Å². The Hall–Kier alpha value is -0.410. The summed E-state index contributed by atoms with van der Waals surface area (Å²) in [7, 11) is 2.09. The van der Waals surface area contributed by atoms with Crippen molar-refractivity contribution in [3.8, 4) is 0 Å². The number of nitrogens with zero attached hydrogens (tertiary/aromatic N) is 1. The topological polar surface area (TPSA) is 32.3 Å².